The van der Waals surface area contributed by atoms with Gasteiger partial charge in [0.2, 0.25) is 5.91 Å². The number of fused-ring (bicyclic) bond motifs is 1. The number of anilines is 3. The number of carbonyl (C=O) groups is 1. The summed E-state index contributed by atoms with van der Waals surface area (Å²) in [6.45, 7) is 3.61. The van der Waals surface area contributed by atoms with Crippen molar-refractivity contribution < 1.29 is 27.4 Å². The van der Waals surface area contributed by atoms with E-state index in [4.69, 9.17) is 32.7 Å². The molecule has 0 atom stereocenters. The lowest BCUT2D eigenvalue weighted by Crippen LogP contribution is -2.29. The van der Waals surface area contributed by atoms with Crippen LogP contribution < -0.4 is 25.7 Å². The largest absolute Gasteiger partial charge is 0.495 e. The molecule has 1 amide bonds. The minimum atomic E-state index is -4.75. The summed E-state index contributed by atoms with van der Waals surface area (Å²) in [5, 5.41) is 5.75. The number of alkyl halides is 3. The van der Waals surface area contributed by atoms with E-state index in [1.807, 2.05) is 0 Å². The Morgan fingerprint density at radius 1 is 1.12 bits per heavy atom. The van der Waals surface area contributed by atoms with Crippen LogP contribution in [0.3, 0.4) is 0 Å². The van der Waals surface area contributed by atoms with Crippen LogP contribution in [-0.2, 0) is 11.3 Å². The van der Waals surface area contributed by atoms with Gasteiger partial charge < -0.3 is 20.1 Å². The molecule has 0 aliphatic carbocycles. The Labute approximate surface area is 242 Å². The van der Waals surface area contributed by atoms with Crippen molar-refractivity contribution in [1.29, 1.82) is 0 Å². The Bertz CT molecular complexity index is 1710. The lowest BCUT2D eigenvalue weighted by molar-refractivity contribution is -0.140. The minimum absolute atomic E-state index is 0.0444. The molecule has 0 saturated heterocycles. The number of pyridine rings is 2. The van der Waals surface area contributed by atoms with Crippen molar-refractivity contribution in [3.8, 4) is 22.6 Å². The van der Waals surface area contributed by atoms with E-state index in [1.54, 1.807) is 25.1 Å². The fraction of sp³-hybridized carbons (Fsp3) is 0.179. The molecule has 8 nitrogen and oxygen atoms in total. The first kappa shape index (κ1) is 29.8. The summed E-state index contributed by atoms with van der Waals surface area (Å²) >= 11 is 13.0. The summed E-state index contributed by atoms with van der Waals surface area (Å²) in [6, 6.07) is 9.21. The third-order valence-electron chi connectivity index (χ3n) is 6.13. The predicted molar refractivity (Wildman–Crippen MR) is 154 cm³/mol. The summed E-state index contributed by atoms with van der Waals surface area (Å²) in [5.41, 5.74) is 0.269. The van der Waals surface area contributed by atoms with Crippen LogP contribution in [0.25, 0.3) is 22.0 Å². The van der Waals surface area contributed by atoms with Gasteiger partial charge in [-0.2, -0.15) is 13.2 Å². The number of nitrogens with one attached hydrogen (secondary N) is 2. The molecule has 0 aliphatic heterocycles. The maximum absolute atomic E-state index is 13.8. The zero-order valence-electron chi connectivity index (χ0n) is 22.0. The molecule has 4 aromatic rings. The molecule has 2 aromatic heterocycles. The standard InChI is InChI=1S/C28H23Cl2F3N4O4/c1-5-22(38)35-17-8-6-7-14(2)26(17)36-21-10-18-15(12-34-21)9-16(27(39)37(18)13-28(31,32)33)23-24(29)19(40-3)11-20(41-4)25(23)30/h5-12H,1,13H2,2-4H3,(H,34,36)(H,35,38). The number of ether oxygens (including phenoxy) is 2. The van der Waals surface area contributed by atoms with E-state index in [0.717, 1.165) is 6.08 Å². The zero-order chi connectivity index (χ0) is 30.1. The number of hydrogen-bond donors (Lipinski definition) is 2. The van der Waals surface area contributed by atoms with Gasteiger partial charge >= 0.3 is 6.18 Å². The first-order valence-corrected chi connectivity index (χ1v) is 12.6. The number of benzene rings is 2. The van der Waals surface area contributed by atoms with Gasteiger partial charge in [0.05, 0.1) is 46.7 Å². The summed E-state index contributed by atoms with van der Waals surface area (Å²) < 4.78 is 52.4. The summed E-state index contributed by atoms with van der Waals surface area (Å²) in [4.78, 5) is 29.9. The summed E-state index contributed by atoms with van der Waals surface area (Å²) in [7, 11) is 2.67. The van der Waals surface area contributed by atoms with Crippen LogP contribution in [0.4, 0.5) is 30.4 Å². The molecular formula is C28H23Cl2F3N4O4. The number of aromatic nitrogens is 2. The molecule has 13 heteroatoms. The maximum atomic E-state index is 13.8. The third kappa shape index (κ3) is 6.10. The Morgan fingerprint density at radius 2 is 1.78 bits per heavy atom. The van der Waals surface area contributed by atoms with Gasteiger partial charge in [0.1, 0.15) is 23.9 Å². The monoisotopic (exact) mass is 606 g/mol. The van der Waals surface area contributed by atoms with Gasteiger partial charge in [0.15, 0.2) is 0 Å². The second-order valence-corrected chi connectivity index (χ2v) is 9.55. The molecule has 0 saturated carbocycles. The molecule has 2 aromatic carbocycles. The van der Waals surface area contributed by atoms with Crippen LogP contribution in [-0.4, -0.2) is 35.9 Å². The number of hydrogen-bond acceptors (Lipinski definition) is 6. The first-order valence-electron chi connectivity index (χ1n) is 11.9. The van der Waals surface area contributed by atoms with Crippen molar-refractivity contribution in [2.75, 3.05) is 24.9 Å². The van der Waals surface area contributed by atoms with Crippen LogP contribution in [0.15, 0.2) is 60.0 Å². The number of halogens is 5. The Balaban J connectivity index is 1.95. The van der Waals surface area contributed by atoms with Crippen molar-refractivity contribution in [1.82, 2.24) is 9.55 Å². The SMILES string of the molecule is C=CC(=O)Nc1cccc(C)c1Nc1cc2c(cn1)cc(-c1c(Cl)c(OC)cc(OC)c1Cl)c(=O)n2CC(F)(F)F. The first-order chi connectivity index (χ1) is 19.4. The predicted octanol–water partition coefficient (Wildman–Crippen LogP) is 7.13. The van der Waals surface area contributed by atoms with Crippen LogP contribution >= 0.6 is 23.2 Å². The molecule has 214 valence electrons. The molecular weight excluding hydrogens is 584 g/mol. The fourth-order valence-electron chi connectivity index (χ4n) is 4.23. The topological polar surface area (TPSA) is 94.5 Å². The molecule has 0 fully saturated rings. The van der Waals surface area contributed by atoms with E-state index in [2.05, 4.69) is 22.2 Å². The van der Waals surface area contributed by atoms with E-state index in [0.29, 0.717) is 21.5 Å². The average Bonchev–Trinajstić information content (AvgIpc) is 2.92. The smallest absolute Gasteiger partial charge is 0.406 e. The van der Waals surface area contributed by atoms with Gasteiger partial charge in [-0.05, 0) is 30.7 Å². The van der Waals surface area contributed by atoms with E-state index in [1.165, 1.54) is 38.6 Å². The number of methoxy groups -OCH3 is 2. The molecule has 4 rings (SSSR count). The van der Waals surface area contributed by atoms with E-state index >= 15 is 0 Å². The van der Waals surface area contributed by atoms with Gasteiger partial charge in [-0.15, -0.1) is 0 Å². The normalized spacial score (nSPS) is 11.3. The molecule has 0 spiro atoms. The number of rotatable bonds is 8. The van der Waals surface area contributed by atoms with E-state index in [9.17, 15) is 22.8 Å². The number of nitrogens with zero attached hydrogens (tertiary/aromatic N) is 2. The molecule has 2 heterocycles. The lowest BCUT2D eigenvalue weighted by Gasteiger charge is -2.19. The molecule has 0 bridgehead atoms. The van der Waals surface area contributed by atoms with Crippen LogP contribution in [0.2, 0.25) is 10.0 Å². The van der Waals surface area contributed by atoms with E-state index in [-0.39, 0.29) is 49.4 Å². The number of carbonyl (C=O) groups excluding carboxylic acids is 1. The highest BCUT2D eigenvalue weighted by Crippen LogP contribution is 2.45. The lowest BCUT2D eigenvalue weighted by atomic mass is 10.0. The van der Waals surface area contributed by atoms with Crippen molar-refractivity contribution in [3.63, 3.8) is 0 Å². The highest BCUT2D eigenvalue weighted by molar-refractivity contribution is 6.41. The van der Waals surface area contributed by atoms with E-state index < -0.39 is 24.2 Å². The molecule has 2 N–H and O–H groups in total. The molecule has 0 aliphatic rings. The molecule has 0 radical (unpaired) electrons. The van der Waals surface area contributed by atoms with Crippen LogP contribution in [0.5, 0.6) is 11.5 Å². The highest BCUT2D eigenvalue weighted by atomic mass is 35.5. The van der Waals surface area contributed by atoms with Gasteiger partial charge in [0.25, 0.3) is 5.56 Å². The van der Waals surface area contributed by atoms with Crippen molar-refractivity contribution in [2.45, 2.75) is 19.6 Å². The van der Waals surface area contributed by atoms with Crippen molar-refractivity contribution in [2.24, 2.45) is 0 Å². The molecule has 41 heavy (non-hydrogen) atoms. The van der Waals surface area contributed by atoms with Gasteiger partial charge in [-0.25, -0.2) is 4.98 Å². The summed E-state index contributed by atoms with van der Waals surface area (Å²) in [5.74, 6) is -0.105. The number of amides is 1. The fourth-order valence-corrected chi connectivity index (χ4v) is 4.93. The summed E-state index contributed by atoms with van der Waals surface area (Å²) in [6.07, 6.45) is -2.33. The van der Waals surface area contributed by atoms with Crippen molar-refractivity contribution in [3.05, 3.63) is 81.2 Å². The third-order valence-corrected chi connectivity index (χ3v) is 6.88. The maximum Gasteiger partial charge on any atom is 0.406 e. The highest BCUT2D eigenvalue weighted by Gasteiger charge is 2.31. The van der Waals surface area contributed by atoms with Gasteiger partial charge in [-0.1, -0.05) is 41.9 Å². The average molecular weight is 607 g/mol. The van der Waals surface area contributed by atoms with Crippen LogP contribution in [0, 0.1) is 6.92 Å². The minimum Gasteiger partial charge on any atom is -0.495 e. The second kappa shape index (κ2) is 11.7. The Morgan fingerprint density at radius 3 is 2.37 bits per heavy atom. The Kier molecular flexibility index (Phi) is 8.50. The second-order valence-electron chi connectivity index (χ2n) is 8.79. The Hall–Kier alpha value is -4.22. The quantitative estimate of drug-likeness (QED) is 0.207. The van der Waals surface area contributed by atoms with Crippen molar-refractivity contribution >= 4 is 57.2 Å². The molecule has 0 unspecified atom stereocenters. The van der Waals surface area contributed by atoms with Gasteiger partial charge in [-0.3, -0.25) is 14.2 Å². The van der Waals surface area contributed by atoms with Gasteiger partial charge in [0, 0.05) is 29.3 Å². The van der Waals surface area contributed by atoms with Crippen LogP contribution in [0.1, 0.15) is 5.56 Å². The number of aryl methyl sites for hydroxylation is 1. The zero-order valence-corrected chi connectivity index (χ0v) is 23.5. The number of para-hydroxylation sites is 1.